The van der Waals surface area contributed by atoms with Gasteiger partial charge in [-0.15, -0.1) is 0 Å². The lowest BCUT2D eigenvalue weighted by molar-refractivity contribution is 0.767. The molecule has 3 rings (SSSR count). The highest BCUT2D eigenvalue weighted by molar-refractivity contribution is 6.31. The molecule has 1 heterocycles. The first-order valence-electron chi connectivity index (χ1n) is 7.10. The van der Waals surface area contributed by atoms with Crippen LogP contribution in [0, 0.1) is 11.3 Å². The molecule has 0 fully saturated rings. The Kier molecular flexibility index (Phi) is 4.66. The van der Waals surface area contributed by atoms with Crippen molar-refractivity contribution in [1.29, 1.82) is 5.26 Å². The minimum absolute atomic E-state index is 0.215. The van der Waals surface area contributed by atoms with Crippen LogP contribution in [0.15, 0.2) is 54.6 Å². The molecule has 0 bridgehead atoms. The van der Waals surface area contributed by atoms with Crippen LogP contribution in [0.3, 0.4) is 0 Å². The predicted octanol–water partition coefficient (Wildman–Crippen LogP) is 4.97. The number of nitriles is 1. The molecule has 0 aliphatic carbocycles. The van der Waals surface area contributed by atoms with E-state index in [-0.39, 0.29) is 6.42 Å². The Labute approximate surface area is 144 Å². The molecule has 0 unspecified atom stereocenters. The second kappa shape index (κ2) is 6.87. The van der Waals surface area contributed by atoms with E-state index in [4.69, 9.17) is 28.5 Å². The fourth-order valence-electron chi connectivity index (χ4n) is 2.46. The monoisotopic (exact) mass is 341 g/mol. The van der Waals surface area contributed by atoms with Gasteiger partial charge in [-0.3, -0.25) is 0 Å². The first-order chi connectivity index (χ1) is 11.2. The van der Waals surface area contributed by atoms with Crippen LogP contribution < -0.4 is 0 Å². The van der Waals surface area contributed by atoms with Gasteiger partial charge in [0.2, 0.25) is 0 Å². The average Bonchev–Trinajstić information content (AvgIpc) is 2.86. The Bertz CT molecular complexity index is 846. The number of nitrogens with zero attached hydrogens (tertiary/aromatic N) is 3. The minimum Gasteiger partial charge on any atom is -0.321 e. The number of hydrogen-bond acceptors (Lipinski definition) is 2. The number of benzene rings is 2. The third-order valence-electron chi connectivity index (χ3n) is 3.56. The highest BCUT2D eigenvalue weighted by Crippen LogP contribution is 2.28. The van der Waals surface area contributed by atoms with Crippen molar-refractivity contribution < 1.29 is 0 Å². The van der Waals surface area contributed by atoms with Crippen molar-refractivity contribution in [2.75, 3.05) is 0 Å². The quantitative estimate of drug-likeness (QED) is 0.672. The maximum absolute atomic E-state index is 9.08. The van der Waals surface area contributed by atoms with Gasteiger partial charge in [-0.25, -0.2) is 4.98 Å². The van der Waals surface area contributed by atoms with Gasteiger partial charge in [-0.1, -0.05) is 53.5 Å². The van der Waals surface area contributed by atoms with Crippen LogP contribution in [0.1, 0.15) is 11.3 Å². The van der Waals surface area contributed by atoms with Crippen molar-refractivity contribution in [3.63, 3.8) is 0 Å². The molecule has 3 aromatic rings. The van der Waals surface area contributed by atoms with E-state index in [1.54, 1.807) is 0 Å². The largest absolute Gasteiger partial charge is 0.321 e. The third-order valence-corrected chi connectivity index (χ3v) is 4.11. The van der Waals surface area contributed by atoms with Crippen LogP contribution in [0.2, 0.25) is 10.2 Å². The summed E-state index contributed by atoms with van der Waals surface area (Å²) in [6.07, 6.45) is 0.215. The Balaban J connectivity index is 2.10. The Hall–Kier alpha value is -2.28. The molecule has 23 heavy (non-hydrogen) atoms. The minimum atomic E-state index is 0.215. The van der Waals surface area contributed by atoms with E-state index in [2.05, 4.69) is 11.1 Å². The summed E-state index contributed by atoms with van der Waals surface area (Å²) in [6, 6.07) is 19.6. The molecule has 0 spiro atoms. The van der Waals surface area contributed by atoms with Crippen LogP contribution in [0.5, 0.6) is 0 Å². The van der Waals surface area contributed by atoms with E-state index in [0.717, 1.165) is 22.6 Å². The molecule has 5 heteroatoms. The molecule has 0 saturated heterocycles. The van der Waals surface area contributed by atoms with Crippen molar-refractivity contribution in [3.8, 4) is 17.5 Å². The highest BCUT2D eigenvalue weighted by atomic mass is 35.5. The molecule has 1 aromatic heterocycles. The summed E-state index contributed by atoms with van der Waals surface area (Å²) in [4.78, 5) is 4.46. The zero-order valence-corrected chi connectivity index (χ0v) is 13.7. The predicted molar refractivity (Wildman–Crippen MR) is 92.5 cm³/mol. The zero-order valence-electron chi connectivity index (χ0n) is 12.2. The van der Waals surface area contributed by atoms with Crippen LogP contribution in [0.4, 0.5) is 0 Å². The number of hydrogen-bond donors (Lipinski definition) is 0. The van der Waals surface area contributed by atoms with Gasteiger partial charge in [0.25, 0.3) is 0 Å². The normalized spacial score (nSPS) is 10.5. The smallest absolute Gasteiger partial charge is 0.152 e. The lowest BCUT2D eigenvalue weighted by atomic mass is 10.2. The van der Waals surface area contributed by atoms with Crippen molar-refractivity contribution in [3.05, 3.63) is 76.0 Å². The van der Waals surface area contributed by atoms with E-state index in [9.17, 15) is 0 Å². The second-order valence-electron chi connectivity index (χ2n) is 5.09. The summed E-state index contributed by atoms with van der Waals surface area (Å²) in [5.41, 5.74) is 2.76. The van der Waals surface area contributed by atoms with Gasteiger partial charge in [0.05, 0.1) is 18.2 Å². The van der Waals surface area contributed by atoms with E-state index in [1.165, 1.54) is 0 Å². The summed E-state index contributed by atoms with van der Waals surface area (Å²) in [6.45, 7) is 0.607. The second-order valence-corrected chi connectivity index (χ2v) is 5.88. The fourth-order valence-corrected chi connectivity index (χ4v) is 2.83. The molecule has 0 atom stereocenters. The van der Waals surface area contributed by atoms with Crippen LogP contribution in [-0.4, -0.2) is 9.55 Å². The lowest BCUT2D eigenvalue weighted by Gasteiger charge is -2.11. The van der Waals surface area contributed by atoms with Crippen LogP contribution in [0.25, 0.3) is 11.4 Å². The van der Waals surface area contributed by atoms with Crippen molar-refractivity contribution in [2.24, 2.45) is 0 Å². The van der Waals surface area contributed by atoms with Gasteiger partial charge in [0.15, 0.2) is 5.15 Å². The summed E-state index contributed by atoms with van der Waals surface area (Å²) in [5.74, 6) is 0.737. The van der Waals surface area contributed by atoms with E-state index < -0.39 is 0 Å². The zero-order chi connectivity index (χ0) is 16.2. The van der Waals surface area contributed by atoms with Gasteiger partial charge in [0.1, 0.15) is 5.82 Å². The fraction of sp³-hybridized carbons (Fsp3) is 0.111. The third kappa shape index (κ3) is 3.39. The summed E-state index contributed by atoms with van der Waals surface area (Å²) >= 11 is 12.2. The van der Waals surface area contributed by atoms with Gasteiger partial charge in [-0.2, -0.15) is 5.26 Å². The molecule has 0 saturated carbocycles. The summed E-state index contributed by atoms with van der Waals surface area (Å²) in [5, 5.41) is 10.1. The van der Waals surface area contributed by atoms with Gasteiger partial charge < -0.3 is 4.57 Å². The first-order valence-corrected chi connectivity index (χ1v) is 7.86. The molecule has 0 amide bonds. The summed E-state index contributed by atoms with van der Waals surface area (Å²) in [7, 11) is 0. The van der Waals surface area contributed by atoms with E-state index in [1.807, 2.05) is 59.2 Å². The SMILES string of the molecule is N#CCc1c(Cl)nc(-c2ccc(Cl)cc2)n1Cc1ccccc1. The highest BCUT2D eigenvalue weighted by Gasteiger charge is 2.17. The van der Waals surface area contributed by atoms with Crippen LogP contribution >= 0.6 is 23.2 Å². The van der Waals surface area contributed by atoms with Crippen molar-refractivity contribution >= 4 is 23.2 Å². The maximum Gasteiger partial charge on any atom is 0.152 e. The molecule has 0 aliphatic rings. The topological polar surface area (TPSA) is 41.6 Å². The van der Waals surface area contributed by atoms with Gasteiger partial charge >= 0.3 is 0 Å². The molecule has 0 N–H and O–H groups in total. The number of imidazole rings is 1. The molecule has 2 aromatic carbocycles. The van der Waals surface area contributed by atoms with E-state index in [0.29, 0.717) is 16.7 Å². The Morgan fingerprint density at radius 2 is 1.70 bits per heavy atom. The number of halogens is 2. The number of rotatable bonds is 4. The first kappa shape index (κ1) is 15.6. The molecular weight excluding hydrogens is 329 g/mol. The Morgan fingerprint density at radius 1 is 1.00 bits per heavy atom. The molecule has 3 nitrogen and oxygen atoms in total. The average molecular weight is 342 g/mol. The summed E-state index contributed by atoms with van der Waals surface area (Å²) < 4.78 is 1.99. The standard InChI is InChI=1S/C18H13Cl2N3/c19-15-8-6-14(7-9-15)18-22-17(20)16(10-11-21)23(18)12-13-4-2-1-3-5-13/h1-9H,10,12H2. The van der Waals surface area contributed by atoms with Gasteiger partial charge in [-0.05, 0) is 29.8 Å². The van der Waals surface area contributed by atoms with Crippen molar-refractivity contribution in [1.82, 2.24) is 9.55 Å². The molecular formula is C18H13Cl2N3. The lowest BCUT2D eigenvalue weighted by Crippen LogP contribution is -2.06. The molecule has 0 aliphatic heterocycles. The van der Waals surface area contributed by atoms with E-state index >= 15 is 0 Å². The number of aromatic nitrogens is 2. The molecule has 0 radical (unpaired) electrons. The maximum atomic E-state index is 9.08. The van der Waals surface area contributed by atoms with Crippen molar-refractivity contribution in [2.45, 2.75) is 13.0 Å². The van der Waals surface area contributed by atoms with Gasteiger partial charge in [0, 0.05) is 17.1 Å². The van der Waals surface area contributed by atoms with Crippen LogP contribution in [-0.2, 0) is 13.0 Å². The Morgan fingerprint density at radius 3 is 2.35 bits per heavy atom. The molecule has 114 valence electrons.